The quantitative estimate of drug-likeness (QED) is 0.598. The van der Waals surface area contributed by atoms with Crippen LogP contribution in [0.3, 0.4) is 0 Å². The van der Waals surface area contributed by atoms with Crippen LogP contribution >= 0.6 is 0 Å². The summed E-state index contributed by atoms with van der Waals surface area (Å²) < 4.78 is 0. The third-order valence-corrected chi connectivity index (χ3v) is 3.32. The van der Waals surface area contributed by atoms with E-state index in [1.165, 1.54) is 49.1 Å². The maximum atomic E-state index is 4.38. The second-order valence-electron chi connectivity index (χ2n) is 4.76. The molecule has 17 heavy (non-hydrogen) atoms. The minimum Gasteiger partial charge on any atom is -0.317 e. The summed E-state index contributed by atoms with van der Waals surface area (Å²) in [4.78, 5) is 0. The van der Waals surface area contributed by atoms with Crippen LogP contribution in [0.1, 0.15) is 43.1 Å². The van der Waals surface area contributed by atoms with Crippen LogP contribution in [0.4, 0.5) is 0 Å². The maximum Gasteiger partial charge on any atom is 0.0794 e. The van der Waals surface area contributed by atoms with Gasteiger partial charge in [-0.25, -0.2) is 0 Å². The zero-order valence-electron chi connectivity index (χ0n) is 10.8. The molecule has 0 atom stereocenters. The van der Waals surface area contributed by atoms with Gasteiger partial charge in [-0.05, 0) is 57.3 Å². The van der Waals surface area contributed by atoms with Gasteiger partial charge in [-0.2, -0.15) is 5.10 Å². The molecule has 0 spiro atoms. The van der Waals surface area contributed by atoms with Crippen LogP contribution in [-0.2, 0) is 19.4 Å². The number of hydrogen-bond acceptors (Lipinski definition) is 3. The third-order valence-electron chi connectivity index (χ3n) is 3.32. The third kappa shape index (κ3) is 3.54. The van der Waals surface area contributed by atoms with Crippen molar-refractivity contribution < 1.29 is 0 Å². The zero-order chi connectivity index (χ0) is 11.9. The first-order valence-corrected chi connectivity index (χ1v) is 6.88. The molecule has 1 aliphatic carbocycles. The number of fused-ring (bicyclic) bond motifs is 1. The van der Waals surface area contributed by atoms with Gasteiger partial charge in [0.15, 0.2) is 0 Å². The van der Waals surface area contributed by atoms with Crippen LogP contribution in [0.25, 0.3) is 0 Å². The van der Waals surface area contributed by atoms with Gasteiger partial charge in [0.1, 0.15) is 0 Å². The van der Waals surface area contributed by atoms with E-state index in [1.807, 2.05) is 0 Å². The molecule has 1 aromatic heterocycles. The van der Waals surface area contributed by atoms with Gasteiger partial charge in [0, 0.05) is 12.2 Å². The molecule has 0 bridgehead atoms. The Kier molecular flexibility index (Phi) is 5.01. The fourth-order valence-corrected chi connectivity index (χ4v) is 2.38. The van der Waals surface area contributed by atoms with E-state index >= 15 is 0 Å². The van der Waals surface area contributed by atoms with Gasteiger partial charge in [-0.15, -0.1) is 0 Å². The first-order chi connectivity index (χ1) is 8.42. The molecule has 0 aromatic carbocycles. The summed E-state index contributed by atoms with van der Waals surface area (Å²) in [5.41, 5.74) is 4.08. The lowest BCUT2D eigenvalue weighted by atomic mass is 10.2. The number of aromatic nitrogens is 2. The lowest BCUT2D eigenvalue weighted by Gasteiger charge is -2.05. The molecule has 4 heteroatoms. The zero-order valence-corrected chi connectivity index (χ0v) is 10.8. The van der Waals surface area contributed by atoms with Crippen molar-refractivity contribution in [2.45, 2.75) is 45.6 Å². The fraction of sp³-hybridized carbons (Fsp3) is 0.769. The van der Waals surface area contributed by atoms with Crippen molar-refractivity contribution in [2.24, 2.45) is 0 Å². The van der Waals surface area contributed by atoms with Crippen LogP contribution in [-0.4, -0.2) is 29.8 Å². The summed E-state index contributed by atoms with van der Waals surface area (Å²) in [5, 5.41) is 14.4. The Bertz CT molecular complexity index is 332. The van der Waals surface area contributed by atoms with E-state index in [0.29, 0.717) is 0 Å². The molecule has 96 valence electrons. The van der Waals surface area contributed by atoms with Crippen LogP contribution < -0.4 is 10.6 Å². The smallest absolute Gasteiger partial charge is 0.0794 e. The van der Waals surface area contributed by atoms with Crippen molar-refractivity contribution in [1.29, 1.82) is 0 Å². The predicted molar refractivity (Wildman–Crippen MR) is 70.1 cm³/mol. The normalized spacial score (nSPS) is 14.2. The van der Waals surface area contributed by atoms with Gasteiger partial charge in [0.05, 0.1) is 5.69 Å². The van der Waals surface area contributed by atoms with Crippen LogP contribution in [0.15, 0.2) is 0 Å². The first kappa shape index (κ1) is 12.6. The van der Waals surface area contributed by atoms with Gasteiger partial charge >= 0.3 is 0 Å². The van der Waals surface area contributed by atoms with Crippen LogP contribution in [0.5, 0.6) is 0 Å². The van der Waals surface area contributed by atoms with Gasteiger partial charge in [0.2, 0.25) is 0 Å². The Morgan fingerprint density at radius 2 is 2.06 bits per heavy atom. The Morgan fingerprint density at radius 3 is 2.94 bits per heavy atom. The predicted octanol–water partition coefficient (Wildman–Crippen LogP) is 1.38. The average molecular weight is 236 g/mol. The molecule has 1 aliphatic rings. The number of rotatable bonds is 8. The Morgan fingerprint density at radius 1 is 1.18 bits per heavy atom. The summed E-state index contributed by atoms with van der Waals surface area (Å²) >= 11 is 0. The Labute approximate surface area is 104 Å². The molecular weight excluding hydrogens is 212 g/mol. The number of nitrogens with zero attached hydrogens (tertiary/aromatic N) is 1. The number of hydrogen-bond donors (Lipinski definition) is 3. The lowest BCUT2D eigenvalue weighted by Crippen LogP contribution is -2.22. The van der Waals surface area contributed by atoms with Crippen molar-refractivity contribution in [3.8, 4) is 0 Å². The number of aromatic amines is 1. The standard InChI is InChI=1S/C13H24N4/c1-2-7-14-8-4-9-15-10-13-11-5-3-6-12(11)16-17-13/h14-15H,2-10H2,1H3,(H,16,17). The average Bonchev–Trinajstić information content (AvgIpc) is 2.92. The molecule has 0 fully saturated rings. The van der Waals surface area contributed by atoms with Gasteiger partial charge < -0.3 is 10.6 Å². The van der Waals surface area contributed by atoms with Gasteiger partial charge in [-0.1, -0.05) is 6.92 Å². The molecule has 0 unspecified atom stereocenters. The molecule has 0 radical (unpaired) electrons. The van der Waals surface area contributed by atoms with Crippen LogP contribution in [0, 0.1) is 0 Å². The van der Waals surface area contributed by atoms with E-state index in [4.69, 9.17) is 0 Å². The monoisotopic (exact) mass is 236 g/mol. The van der Waals surface area contributed by atoms with Gasteiger partial charge in [-0.3, -0.25) is 5.10 Å². The largest absolute Gasteiger partial charge is 0.317 e. The van der Waals surface area contributed by atoms with Crippen molar-refractivity contribution in [2.75, 3.05) is 19.6 Å². The number of H-pyrrole nitrogens is 1. The van der Waals surface area contributed by atoms with E-state index in [-0.39, 0.29) is 0 Å². The molecule has 4 nitrogen and oxygen atoms in total. The highest BCUT2D eigenvalue weighted by Gasteiger charge is 2.17. The van der Waals surface area contributed by atoms with Crippen LogP contribution in [0.2, 0.25) is 0 Å². The van der Waals surface area contributed by atoms with E-state index in [0.717, 1.165) is 26.2 Å². The molecule has 1 heterocycles. The second-order valence-corrected chi connectivity index (χ2v) is 4.76. The summed E-state index contributed by atoms with van der Waals surface area (Å²) in [7, 11) is 0. The number of aryl methyl sites for hydroxylation is 1. The minimum absolute atomic E-state index is 0.916. The molecule has 1 aromatic rings. The molecular formula is C13H24N4. The highest BCUT2D eigenvalue weighted by Crippen LogP contribution is 2.22. The van der Waals surface area contributed by atoms with Crippen molar-refractivity contribution in [3.05, 3.63) is 17.0 Å². The lowest BCUT2D eigenvalue weighted by molar-refractivity contribution is 0.586. The Hall–Kier alpha value is -0.870. The van der Waals surface area contributed by atoms with Crippen molar-refractivity contribution >= 4 is 0 Å². The fourth-order valence-electron chi connectivity index (χ4n) is 2.38. The summed E-state index contributed by atoms with van der Waals surface area (Å²) in [5.74, 6) is 0. The minimum atomic E-state index is 0.916. The highest BCUT2D eigenvalue weighted by atomic mass is 15.1. The summed E-state index contributed by atoms with van der Waals surface area (Å²) in [6, 6.07) is 0. The van der Waals surface area contributed by atoms with E-state index < -0.39 is 0 Å². The van der Waals surface area contributed by atoms with Crippen molar-refractivity contribution in [1.82, 2.24) is 20.8 Å². The molecule has 3 N–H and O–H groups in total. The summed E-state index contributed by atoms with van der Waals surface area (Å²) in [6.45, 7) is 6.42. The number of nitrogens with one attached hydrogen (secondary N) is 3. The topological polar surface area (TPSA) is 52.7 Å². The molecule has 0 saturated heterocycles. The molecule has 2 rings (SSSR count). The van der Waals surface area contributed by atoms with E-state index in [1.54, 1.807) is 0 Å². The molecule has 0 aliphatic heterocycles. The summed E-state index contributed by atoms with van der Waals surface area (Å²) in [6.07, 6.45) is 6.08. The highest BCUT2D eigenvalue weighted by molar-refractivity contribution is 5.29. The van der Waals surface area contributed by atoms with E-state index in [9.17, 15) is 0 Å². The maximum absolute atomic E-state index is 4.38. The second kappa shape index (κ2) is 6.77. The first-order valence-electron chi connectivity index (χ1n) is 6.88. The van der Waals surface area contributed by atoms with Crippen molar-refractivity contribution in [3.63, 3.8) is 0 Å². The Balaban J connectivity index is 1.59. The van der Waals surface area contributed by atoms with Gasteiger partial charge in [0.25, 0.3) is 0 Å². The molecule has 0 saturated carbocycles. The van der Waals surface area contributed by atoms with E-state index in [2.05, 4.69) is 27.8 Å². The SMILES string of the molecule is CCCNCCCNCc1n[nH]c2c1CCC2. The molecule has 0 amide bonds.